The van der Waals surface area contributed by atoms with Gasteiger partial charge in [-0.25, -0.2) is 5.48 Å². The van der Waals surface area contributed by atoms with Crippen LogP contribution in [-0.4, -0.2) is 25.6 Å². The maximum atomic E-state index is 11.5. The van der Waals surface area contributed by atoms with E-state index in [2.05, 4.69) is 10.8 Å². The van der Waals surface area contributed by atoms with E-state index < -0.39 is 0 Å². The highest BCUT2D eigenvalue weighted by molar-refractivity contribution is 5.77. The number of nitrogens with one attached hydrogen (secondary N) is 2. The van der Waals surface area contributed by atoms with Gasteiger partial charge in [-0.1, -0.05) is 20.8 Å². The van der Waals surface area contributed by atoms with Crippen molar-refractivity contribution in [3.63, 3.8) is 0 Å². The van der Waals surface area contributed by atoms with E-state index in [1.54, 1.807) is 0 Å². The minimum atomic E-state index is -0.00264. The van der Waals surface area contributed by atoms with Crippen LogP contribution in [-0.2, 0) is 9.63 Å². The van der Waals surface area contributed by atoms with Crippen LogP contribution in [0.1, 0.15) is 20.8 Å². The summed E-state index contributed by atoms with van der Waals surface area (Å²) < 4.78 is 0. The lowest BCUT2D eigenvalue weighted by atomic mass is 9.88. The monoisotopic (exact) mass is 200 g/mol. The summed E-state index contributed by atoms with van der Waals surface area (Å²) >= 11 is 0. The molecule has 0 aliphatic carbocycles. The van der Waals surface area contributed by atoms with E-state index in [9.17, 15) is 4.79 Å². The van der Waals surface area contributed by atoms with Crippen molar-refractivity contribution in [3.8, 4) is 0 Å². The Hall–Kier alpha value is -0.610. The molecular formula is C10H20N2O2. The Labute approximate surface area is 85.3 Å². The number of rotatable bonds is 5. The summed E-state index contributed by atoms with van der Waals surface area (Å²) in [5, 5.41) is 3.15. The fourth-order valence-corrected chi connectivity index (χ4v) is 1.25. The molecule has 14 heavy (non-hydrogen) atoms. The maximum Gasteiger partial charge on any atom is 0.246 e. The highest BCUT2D eigenvalue weighted by Gasteiger charge is 2.28. The van der Waals surface area contributed by atoms with E-state index >= 15 is 0 Å². The molecule has 1 rings (SSSR count). The third kappa shape index (κ3) is 3.27. The summed E-state index contributed by atoms with van der Waals surface area (Å²) in [6, 6.07) is 0. The summed E-state index contributed by atoms with van der Waals surface area (Å²) in [5.41, 5.74) is 2.50. The Bertz CT molecular complexity index is 191. The number of carbonyl (C=O) groups excluding carboxylic acids is 1. The number of carbonyl (C=O) groups is 1. The summed E-state index contributed by atoms with van der Waals surface area (Å²) in [5.74, 6) is 0.953. The fraction of sp³-hybridized carbons (Fsp3) is 0.900. The molecule has 1 fully saturated rings. The largest absolute Gasteiger partial charge is 0.316 e. The average Bonchev–Trinajstić information content (AvgIpc) is 2.00. The van der Waals surface area contributed by atoms with Crippen molar-refractivity contribution in [1.29, 1.82) is 0 Å². The lowest BCUT2D eigenvalue weighted by molar-refractivity contribution is -0.140. The molecular weight excluding hydrogens is 180 g/mol. The van der Waals surface area contributed by atoms with E-state index in [0.29, 0.717) is 18.4 Å². The van der Waals surface area contributed by atoms with E-state index in [-0.39, 0.29) is 11.8 Å². The second-order valence-corrected chi connectivity index (χ2v) is 4.38. The van der Waals surface area contributed by atoms with E-state index in [1.165, 1.54) is 0 Å². The van der Waals surface area contributed by atoms with Crippen molar-refractivity contribution in [2.45, 2.75) is 20.8 Å². The Morgan fingerprint density at radius 1 is 1.50 bits per heavy atom. The SMILES string of the molecule is CC(C)CONC(=O)C(C)C1CNC1. The van der Waals surface area contributed by atoms with Crippen LogP contribution in [0.5, 0.6) is 0 Å². The molecule has 0 bridgehead atoms. The second kappa shape index (κ2) is 5.32. The van der Waals surface area contributed by atoms with Crippen LogP contribution in [0.3, 0.4) is 0 Å². The van der Waals surface area contributed by atoms with Crippen molar-refractivity contribution in [2.24, 2.45) is 17.8 Å². The number of hydrogen-bond acceptors (Lipinski definition) is 3. The first-order valence-corrected chi connectivity index (χ1v) is 5.23. The molecule has 1 aliphatic heterocycles. The van der Waals surface area contributed by atoms with Gasteiger partial charge >= 0.3 is 0 Å². The molecule has 1 amide bonds. The summed E-state index contributed by atoms with van der Waals surface area (Å²) in [4.78, 5) is 16.6. The zero-order chi connectivity index (χ0) is 10.6. The second-order valence-electron chi connectivity index (χ2n) is 4.38. The summed E-state index contributed by atoms with van der Waals surface area (Å²) in [6.07, 6.45) is 0. The topological polar surface area (TPSA) is 50.4 Å². The van der Waals surface area contributed by atoms with Gasteiger partial charge in [-0.05, 0) is 24.9 Å². The molecule has 0 aromatic heterocycles. The summed E-state index contributed by atoms with van der Waals surface area (Å²) in [7, 11) is 0. The molecule has 1 aliphatic rings. The molecule has 0 radical (unpaired) electrons. The number of hydroxylamine groups is 1. The molecule has 82 valence electrons. The average molecular weight is 200 g/mol. The normalized spacial score (nSPS) is 19.1. The minimum Gasteiger partial charge on any atom is -0.316 e. The lowest BCUT2D eigenvalue weighted by Gasteiger charge is -2.31. The smallest absolute Gasteiger partial charge is 0.246 e. The molecule has 4 heteroatoms. The zero-order valence-corrected chi connectivity index (χ0v) is 9.17. The molecule has 1 atom stereocenters. The Kier molecular flexibility index (Phi) is 4.35. The van der Waals surface area contributed by atoms with Gasteiger partial charge < -0.3 is 5.32 Å². The molecule has 1 unspecified atom stereocenters. The van der Waals surface area contributed by atoms with Gasteiger partial charge in [-0.2, -0.15) is 0 Å². The molecule has 0 spiro atoms. The van der Waals surface area contributed by atoms with E-state index in [4.69, 9.17) is 4.84 Å². The molecule has 0 saturated carbocycles. The first-order chi connectivity index (χ1) is 6.61. The van der Waals surface area contributed by atoms with E-state index in [1.807, 2.05) is 20.8 Å². The highest BCUT2D eigenvalue weighted by atomic mass is 16.6. The van der Waals surface area contributed by atoms with Crippen LogP contribution in [0.4, 0.5) is 0 Å². The molecule has 2 N–H and O–H groups in total. The minimum absolute atomic E-state index is 0.00264. The third-order valence-corrected chi connectivity index (χ3v) is 2.52. The first-order valence-electron chi connectivity index (χ1n) is 5.23. The molecule has 1 heterocycles. The van der Waals surface area contributed by atoms with Gasteiger partial charge in [0.2, 0.25) is 5.91 Å². The van der Waals surface area contributed by atoms with Crippen molar-refractivity contribution in [1.82, 2.24) is 10.8 Å². The molecule has 1 saturated heterocycles. The van der Waals surface area contributed by atoms with Crippen LogP contribution in [0.2, 0.25) is 0 Å². The molecule has 4 nitrogen and oxygen atoms in total. The van der Waals surface area contributed by atoms with Crippen molar-refractivity contribution in [2.75, 3.05) is 19.7 Å². The van der Waals surface area contributed by atoms with Crippen molar-refractivity contribution in [3.05, 3.63) is 0 Å². The number of amides is 1. The van der Waals surface area contributed by atoms with Crippen LogP contribution in [0.15, 0.2) is 0 Å². The van der Waals surface area contributed by atoms with Crippen LogP contribution in [0.25, 0.3) is 0 Å². The Morgan fingerprint density at radius 2 is 2.14 bits per heavy atom. The van der Waals surface area contributed by atoms with E-state index in [0.717, 1.165) is 13.1 Å². The molecule has 0 aromatic carbocycles. The van der Waals surface area contributed by atoms with Gasteiger partial charge in [0.15, 0.2) is 0 Å². The highest BCUT2D eigenvalue weighted by Crippen LogP contribution is 2.15. The van der Waals surface area contributed by atoms with Gasteiger partial charge in [-0.3, -0.25) is 9.63 Å². The fourth-order valence-electron chi connectivity index (χ4n) is 1.25. The zero-order valence-electron chi connectivity index (χ0n) is 9.17. The van der Waals surface area contributed by atoms with Gasteiger partial charge in [-0.15, -0.1) is 0 Å². The predicted molar refractivity (Wildman–Crippen MR) is 54.5 cm³/mol. The Balaban J connectivity index is 2.13. The first kappa shape index (κ1) is 11.5. The number of hydrogen-bond donors (Lipinski definition) is 2. The van der Waals surface area contributed by atoms with Crippen molar-refractivity contribution >= 4 is 5.91 Å². The summed E-state index contributed by atoms with van der Waals surface area (Å²) in [6.45, 7) is 8.50. The van der Waals surface area contributed by atoms with Gasteiger partial charge in [0.1, 0.15) is 0 Å². The van der Waals surface area contributed by atoms with Crippen molar-refractivity contribution < 1.29 is 9.63 Å². The van der Waals surface area contributed by atoms with Gasteiger partial charge in [0.25, 0.3) is 0 Å². The quantitative estimate of drug-likeness (QED) is 0.637. The van der Waals surface area contributed by atoms with Gasteiger partial charge in [0, 0.05) is 5.92 Å². The third-order valence-electron chi connectivity index (χ3n) is 2.52. The lowest BCUT2D eigenvalue weighted by Crippen LogP contribution is -2.49. The van der Waals surface area contributed by atoms with Gasteiger partial charge in [0.05, 0.1) is 6.61 Å². The molecule has 0 aromatic rings. The Morgan fingerprint density at radius 3 is 2.57 bits per heavy atom. The van der Waals surface area contributed by atoms with Crippen LogP contribution in [0, 0.1) is 17.8 Å². The van der Waals surface area contributed by atoms with Crippen LogP contribution < -0.4 is 10.8 Å². The predicted octanol–water partition coefficient (Wildman–Crippen LogP) is 0.546. The van der Waals surface area contributed by atoms with Crippen LogP contribution >= 0.6 is 0 Å². The maximum absolute atomic E-state index is 11.5. The standard InChI is InChI=1S/C10H20N2O2/c1-7(2)6-14-12-10(13)8(3)9-4-11-5-9/h7-9,11H,4-6H2,1-3H3,(H,12,13).